The van der Waals surface area contributed by atoms with Crippen LogP contribution in [0.5, 0.6) is 0 Å². The van der Waals surface area contributed by atoms with Crippen molar-refractivity contribution in [1.29, 1.82) is 0 Å². The summed E-state index contributed by atoms with van der Waals surface area (Å²) in [5.74, 6) is -1.72. The van der Waals surface area contributed by atoms with Crippen LogP contribution in [0.25, 0.3) is 21.9 Å². The van der Waals surface area contributed by atoms with Crippen molar-refractivity contribution in [2.75, 3.05) is 0 Å². The van der Waals surface area contributed by atoms with Crippen molar-refractivity contribution in [3.63, 3.8) is 0 Å². The van der Waals surface area contributed by atoms with E-state index in [1.54, 1.807) is 0 Å². The monoisotopic (exact) mass is 255 g/mol. The van der Waals surface area contributed by atoms with E-state index in [0.717, 1.165) is 0 Å². The molecule has 0 atom stereocenters. The summed E-state index contributed by atoms with van der Waals surface area (Å²) in [7, 11) is 0. The van der Waals surface area contributed by atoms with Gasteiger partial charge in [-0.15, -0.1) is 10.2 Å². The van der Waals surface area contributed by atoms with E-state index in [-0.39, 0.29) is 17.1 Å². The molecular weight excluding hydrogens is 251 g/mol. The van der Waals surface area contributed by atoms with Crippen LogP contribution in [0.15, 0.2) is 33.8 Å². The molecule has 18 heavy (non-hydrogen) atoms. The number of nitrogens with zero attached hydrogens (tertiary/aromatic N) is 5. The first-order valence-corrected chi connectivity index (χ1v) is 4.57. The summed E-state index contributed by atoms with van der Waals surface area (Å²) in [6.45, 7) is 0. The Morgan fingerprint density at radius 3 is 2.67 bits per heavy atom. The molecule has 0 aliphatic rings. The zero-order valence-electron chi connectivity index (χ0n) is 8.59. The molecule has 0 spiro atoms. The molecule has 1 aromatic carbocycles. The molecule has 1 heterocycles. The molecule has 6 nitrogen and oxygen atoms in total. The Kier molecular flexibility index (Phi) is 2.90. The van der Waals surface area contributed by atoms with Crippen LogP contribution in [0.3, 0.4) is 0 Å². The number of alkyl halides is 3. The average Bonchev–Trinajstić information content (AvgIpc) is 2.78. The Morgan fingerprint density at radius 2 is 2.06 bits per heavy atom. The van der Waals surface area contributed by atoms with Crippen molar-refractivity contribution < 1.29 is 17.6 Å². The van der Waals surface area contributed by atoms with Crippen molar-refractivity contribution in [2.45, 2.75) is 6.18 Å². The maximum atomic E-state index is 12.3. The van der Waals surface area contributed by atoms with Gasteiger partial charge in [-0.2, -0.15) is 13.2 Å². The maximum absolute atomic E-state index is 12.3. The van der Waals surface area contributed by atoms with Crippen LogP contribution < -0.4 is 0 Å². The Hall–Kier alpha value is -2.54. The molecule has 0 aliphatic carbocycles. The van der Waals surface area contributed by atoms with E-state index >= 15 is 0 Å². The van der Waals surface area contributed by atoms with E-state index in [2.05, 4.69) is 24.6 Å². The molecule has 0 saturated carbocycles. The normalized spacial score (nSPS) is 11.1. The lowest BCUT2D eigenvalue weighted by molar-refractivity contribution is -0.156. The highest BCUT2D eigenvalue weighted by Gasteiger charge is 2.38. The van der Waals surface area contributed by atoms with Gasteiger partial charge in [0.05, 0.1) is 0 Å². The summed E-state index contributed by atoms with van der Waals surface area (Å²) in [6.07, 6.45) is -4.69. The fourth-order valence-electron chi connectivity index (χ4n) is 1.21. The number of benzene rings is 1. The maximum Gasteiger partial charge on any atom is 0.470 e. The van der Waals surface area contributed by atoms with Gasteiger partial charge in [0, 0.05) is 16.2 Å². The topological polar surface area (TPSA) is 87.7 Å². The summed E-state index contributed by atoms with van der Waals surface area (Å²) in [4.78, 5) is 2.56. The van der Waals surface area contributed by atoms with Gasteiger partial charge in [-0.05, 0) is 17.7 Å². The highest BCUT2D eigenvalue weighted by atomic mass is 19.4. The van der Waals surface area contributed by atoms with Crippen LogP contribution in [0.1, 0.15) is 5.89 Å². The molecule has 2 rings (SSSR count). The summed E-state index contributed by atoms with van der Waals surface area (Å²) in [6, 6.07) is 5.79. The number of hydrogen-bond acceptors (Lipinski definition) is 4. The van der Waals surface area contributed by atoms with E-state index in [4.69, 9.17) is 5.53 Å². The Balaban J connectivity index is 2.40. The van der Waals surface area contributed by atoms with Crippen LogP contribution in [-0.4, -0.2) is 10.2 Å². The Morgan fingerprint density at radius 1 is 1.28 bits per heavy atom. The minimum atomic E-state index is -4.69. The lowest BCUT2D eigenvalue weighted by atomic mass is 10.2. The highest BCUT2D eigenvalue weighted by molar-refractivity contribution is 5.58. The van der Waals surface area contributed by atoms with E-state index < -0.39 is 12.1 Å². The van der Waals surface area contributed by atoms with E-state index in [1.807, 2.05) is 0 Å². The first-order valence-electron chi connectivity index (χ1n) is 4.57. The summed E-state index contributed by atoms with van der Waals surface area (Å²) >= 11 is 0. The minimum absolute atomic E-state index is 0.238. The molecule has 0 N–H and O–H groups in total. The fraction of sp³-hybridized carbons (Fsp3) is 0.111. The number of aromatic nitrogens is 2. The van der Waals surface area contributed by atoms with Crippen molar-refractivity contribution in [3.05, 3.63) is 40.6 Å². The standard InChI is InChI=1S/C9H4F3N5O/c10-9(11,12)8-16-15-7(18-8)5-2-1-3-6(4-5)14-17-13/h1-4H. The van der Waals surface area contributed by atoms with E-state index in [9.17, 15) is 13.2 Å². The zero-order valence-corrected chi connectivity index (χ0v) is 8.59. The lowest BCUT2D eigenvalue weighted by Gasteiger charge is -1.98. The van der Waals surface area contributed by atoms with Gasteiger partial charge in [-0.25, -0.2) is 0 Å². The van der Waals surface area contributed by atoms with Crippen LogP contribution in [0, 0.1) is 0 Å². The Bertz CT molecular complexity index is 615. The van der Waals surface area contributed by atoms with Crippen LogP contribution in [-0.2, 0) is 6.18 Å². The highest BCUT2D eigenvalue weighted by Crippen LogP contribution is 2.31. The summed E-state index contributed by atoms with van der Waals surface area (Å²) in [5.41, 5.74) is 8.73. The first kappa shape index (κ1) is 11.9. The minimum Gasteiger partial charge on any atom is -0.413 e. The third kappa shape index (κ3) is 2.41. The molecule has 2 aromatic rings. The van der Waals surface area contributed by atoms with Gasteiger partial charge in [0.1, 0.15) is 0 Å². The largest absolute Gasteiger partial charge is 0.470 e. The molecule has 0 bridgehead atoms. The second kappa shape index (κ2) is 4.38. The molecule has 9 heteroatoms. The van der Waals surface area contributed by atoms with Crippen molar-refractivity contribution in [1.82, 2.24) is 10.2 Å². The van der Waals surface area contributed by atoms with Gasteiger partial charge >= 0.3 is 12.1 Å². The molecule has 0 aliphatic heterocycles. The third-order valence-electron chi connectivity index (χ3n) is 1.92. The van der Waals surface area contributed by atoms with Crippen LogP contribution in [0.2, 0.25) is 0 Å². The number of halogens is 3. The van der Waals surface area contributed by atoms with Crippen LogP contribution in [0.4, 0.5) is 18.9 Å². The molecule has 0 unspecified atom stereocenters. The summed E-state index contributed by atoms with van der Waals surface area (Å²) < 4.78 is 41.2. The molecule has 0 amide bonds. The molecule has 92 valence electrons. The molecule has 0 fully saturated rings. The second-order valence-corrected chi connectivity index (χ2v) is 3.15. The van der Waals surface area contributed by atoms with E-state index in [0.29, 0.717) is 0 Å². The fourth-order valence-corrected chi connectivity index (χ4v) is 1.21. The van der Waals surface area contributed by atoms with Crippen molar-refractivity contribution >= 4 is 5.69 Å². The molecule has 0 saturated heterocycles. The SMILES string of the molecule is [N-]=[N+]=Nc1cccc(-c2nnc(C(F)(F)F)o2)c1. The predicted molar refractivity (Wildman–Crippen MR) is 53.5 cm³/mol. The number of rotatable bonds is 2. The number of azide groups is 1. The lowest BCUT2D eigenvalue weighted by Crippen LogP contribution is -2.04. The van der Waals surface area contributed by atoms with Crippen LogP contribution >= 0.6 is 0 Å². The van der Waals surface area contributed by atoms with Gasteiger partial charge < -0.3 is 4.42 Å². The predicted octanol–water partition coefficient (Wildman–Crippen LogP) is 3.70. The first-order chi connectivity index (χ1) is 8.50. The Labute approximate surface area is 97.7 Å². The van der Waals surface area contributed by atoms with Crippen molar-refractivity contribution in [3.8, 4) is 11.5 Å². The molecule has 0 radical (unpaired) electrons. The van der Waals surface area contributed by atoms with E-state index in [1.165, 1.54) is 24.3 Å². The smallest absolute Gasteiger partial charge is 0.413 e. The molecule has 1 aromatic heterocycles. The zero-order chi connectivity index (χ0) is 13.2. The quantitative estimate of drug-likeness (QED) is 0.465. The van der Waals surface area contributed by atoms with Gasteiger partial charge in [-0.1, -0.05) is 17.2 Å². The number of hydrogen-bond donors (Lipinski definition) is 0. The summed E-state index contributed by atoms with van der Waals surface area (Å²) in [5, 5.41) is 9.49. The van der Waals surface area contributed by atoms with Gasteiger partial charge in [-0.3, -0.25) is 0 Å². The van der Waals surface area contributed by atoms with Gasteiger partial charge in [0.2, 0.25) is 5.89 Å². The van der Waals surface area contributed by atoms with Crippen molar-refractivity contribution in [2.24, 2.45) is 5.11 Å². The second-order valence-electron chi connectivity index (χ2n) is 3.15. The molecular formula is C9H4F3N5O. The van der Waals surface area contributed by atoms with Gasteiger partial charge in [0.15, 0.2) is 0 Å². The van der Waals surface area contributed by atoms with Gasteiger partial charge in [0.25, 0.3) is 0 Å². The average molecular weight is 255 g/mol. The third-order valence-corrected chi connectivity index (χ3v) is 1.92.